The zero-order valence-electron chi connectivity index (χ0n) is 8.42. The third-order valence-electron chi connectivity index (χ3n) is 2.13. The van der Waals surface area contributed by atoms with Gasteiger partial charge in [0.05, 0.1) is 18.2 Å². The van der Waals surface area contributed by atoms with Gasteiger partial charge in [0.2, 0.25) is 0 Å². The molecule has 0 radical (unpaired) electrons. The van der Waals surface area contributed by atoms with Crippen molar-refractivity contribution in [1.82, 2.24) is 4.90 Å². The van der Waals surface area contributed by atoms with Crippen LogP contribution in [0.25, 0.3) is 0 Å². The van der Waals surface area contributed by atoms with E-state index in [0.29, 0.717) is 25.9 Å². The number of piperidine rings is 1. The van der Waals surface area contributed by atoms with Crippen LogP contribution in [0, 0.1) is 0 Å². The maximum absolute atomic E-state index is 10.8. The molecule has 0 aliphatic carbocycles. The van der Waals surface area contributed by atoms with Crippen LogP contribution in [-0.4, -0.2) is 53.4 Å². The average molecular weight is 256 g/mol. The van der Waals surface area contributed by atoms with Crippen molar-refractivity contribution >= 4 is 21.2 Å². The Balaban J connectivity index is 2.33. The molecule has 0 aromatic carbocycles. The van der Waals surface area contributed by atoms with E-state index in [0.717, 1.165) is 6.26 Å². The molecule has 0 saturated carbocycles. The topological polar surface area (TPSA) is 86.7 Å². The molecule has 1 rings (SSSR count). The second kappa shape index (κ2) is 5.35. The highest BCUT2D eigenvalue weighted by Gasteiger charge is 2.22. The Morgan fingerprint density at radius 3 is 2.40 bits per heavy atom. The average Bonchev–Trinajstić information content (AvgIpc) is 2.05. The van der Waals surface area contributed by atoms with Gasteiger partial charge in [-0.2, -0.15) is 8.42 Å². The summed E-state index contributed by atoms with van der Waals surface area (Å²) in [7, 11) is -3.40. The van der Waals surface area contributed by atoms with E-state index in [9.17, 15) is 17.2 Å². The summed E-state index contributed by atoms with van der Waals surface area (Å²) in [5.74, 6) is 0.00555. The molecule has 90 valence electrons. The van der Waals surface area contributed by atoms with Gasteiger partial charge in [0.1, 0.15) is 0 Å². The number of hydrogen-bond acceptors (Lipinski definition) is 6. The maximum Gasteiger partial charge on any atom is 0.264 e. The van der Waals surface area contributed by atoms with Gasteiger partial charge < -0.3 is 4.55 Å². The van der Waals surface area contributed by atoms with E-state index in [1.165, 1.54) is 0 Å². The van der Waals surface area contributed by atoms with Crippen LogP contribution in [0.2, 0.25) is 0 Å². The minimum absolute atomic E-state index is 0.00555. The first-order valence-corrected chi connectivity index (χ1v) is 7.59. The Morgan fingerprint density at radius 1 is 1.47 bits per heavy atom. The Morgan fingerprint density at radius 2 is 2.00 bits per heavy atom. The molecular formula is C7H14NO5S2-. The summed E-state index contributed by atoms with van der Waals surface area (Å²) in [6.07, 6.45) is 1.80. The van der Waals surface area contributed by atoms with Crippen LogP contribution in [0.15, 0.2) is 0 Å². The highest BCUT2D eigenvalue weighted by Crippen LogP contribution is 2.15. The Hall–Kier alpha value is -0.0200. The second-order valence-electron chi connectivity index (χ2n) is 3.55. The van der Waals surface area contributed by atoms with Crippen molar-refractivity contribution in [3.63, 3.8) is 0 Å². The molecular weight excluding hydrogens is 242 g/mol. The van der Waals surface area contributed by atoms with Gasteiger partial charge in [-0.05, 0) is 23.9 Å². The first kappa shape index (κ1) is 13.0. The van der Waals surface area contributed by atoms with Gasteiger partial charge in [0.25, 0.3) is 10.1 Å². The van der Waals surface area contributed by atoms with E-state index in [-0.39, 0.29) is 12.0 Å². The maximum atomic E-state index is 10.8. The molecule has 1 fully saturated rings. The smallest absolute Gasteiger partial charge is 0.264 e. The van der Waals surface area contributed by atoms with E-state index in [1.807, 2.05) is 0 Å². The van der Waals surface area contributed by atoms with Crippen LogP contribution >= 0.6 is 0 Å². The Labute approximate surface area is 92.0 Å². The van der Waals surface area contributed by atoms with Crippen LogP contribution in [0.4, 0.5) is 0 Å². The van der Waals surface area contributed by atoms with E-state index < -0.39 is 21.2 Å². The third-order valence-corrected chi connectivity index (χ3v) is 3.33. The van der Waals surface area contributed by atoms with Crippen molar-refractivity contribution in [1.29, 1.82) is 0 Å². The van der Waals surface area contributed by atoms with Crippen molar-refractivity contribution < 1.29 is 21.4 Å². The number of nitrogens with zero attached hydrogens (tertiary/aromatic N) is 1. The molecule has 1 saturated heterocycles. The standard InChI is InChI=1S/C7H15NO5S2/c1-15(11,12)13-7-2-4-8(5-3-7)6-14(9)10/h7H,2-6H2,1H3,(H,9,10)/p-1. The van der Waals surface area contributed by atoms with Crippen molar-refractivity contribution in [3.05, 3.63) is 0 Å². The van der Waals surface area contributed by atoms with E-state index in [1.54, 1.807) is 4.90 Å². The summed E-state index contributed by atoms with van der Waals surface area (Å²) in [5, 5.41) is 0. The van der Waals surface area contributed by atoms with E-state index in [2.05, 4.69) is 0 Å². The van der Waals surface area contributed by atoms with Gasteiger partial charge in [-0.3, -0.25) is 13.3 Å². The summed E-state index contributed by atoms with van der Waals surface area (Å²) >= 11 is -2.08. The fourth-order valence-corrected chi connectivity index (χ4v) is 2.77. The molecule has 1 heterocycles. The van der Waals surface area contributed by atoms with Crippen LogP contribution in [-0.2, 0) is 25.4 Å². The van der Waals surface area contributed by atoms with Gasteiger partial charge in [-0.15, -0.1) is 0 Å². The molecule has 1 aliphatic rings. The van der Waals surface area contributed by atoms with Crippen LogP contribution < -0.4 is 0 Å². The molecule has 1 unspecified atom stereocenters. The molecule has 0 aromatic heterocycles. The number of likely N-dealkylation sites (tertiary alicyclic amines) is 1. The predicted octanol–water partition coefficient (Wildman–Crippen LogP) is -0.736. The fraction of sp³-hybridized carbons (Fsp3) is 1.00. The highest BCUT2D eigenvalue weighted by molar-refractivity contribution is 7.86. The molecule has 0 spiro atoms. The predicted molar refractivity (Wildman–Crippen MR) is 54.3 cm³/mol. The van der Waals surface area contributed by atoms with Crippen molar-refractivity contribution in [3.8, 4) is 0 Å². The third kappa shape index (κ3) is 5.57. The summed E-state index contributed by atoms with van der Waals surface area (Å²) < 4.78 is 47.3. The summed E-state index contributed by atoms with van der Waals surface area (Å²) in [5.41, 5.74) is 0. The lowest BCUT2D eigenvalue weighted by atomic mass is 10.1. The van der Waals surface area contributed by atoms with E-state index >= 15 is 0 Å². The van der Waals surface area contributed by atoms with Crippen molar-refractivity contribution in [2.75, 3.05) is 25.2 Å². The van der Waals surface area contributed by atoms with E-state index in [4.69, 9.17) is 4.18 Å². The zero-order chi connectivity index (χ0) is 11.5. The van der Waals surface area contributed by atoms with Gasteiger partial charge in [-0.1, -0.05) is 0 Å². The molecule has 0 bridgehead atoms. The fourth-order valence-electron chi connectivity index (χ4n) is 1.53. The Kier molecular flexibility index (Phi) is 4.65. The summed E-state index contributed by atoms with van der Waals surface area (Å²) in [6.45, 7) is 1.10. The molecule has 0 N–H and O–H groups in total. The summed E-state index contributed by atoms with van der Waals surface area (Å²) in [4.78, 5) is 1.76. The van der Waals surface area contributed by atoms with Gasteiger partial charge in [-0.25, -0.2) is 0 Å². The molecule has 6 nitrogen and oxygen atoms in total. The molecule has 0 amide bonds. The number of hydrogen-bond donors (Lipinski definition) is 0. The normalized spacial score (nSPS) is 22.8. The minimum atomic E-state index is -3.40. The first-order chi connectivity index (χ1) is 6.87. The SMILES string of the molecule is CS(=O)(=O)OC1CCN(CS(=O)[O-])CC1. The lowest BCUT2D eigenvalue weighted by Crippen LogP contribution is -2.39. The van der Waals surface area contributed by atoms with Gasteiger partial charge in [0.15, 0.2) is 0 Å². The molecule has 1 atom stereocenters. The second-order valence-corrected chi connectivity index (χ2v) is 6.02. The highest BCUT2D eigenvalue weighted by atomic mass is 32.2. The van der Waals surface area contributed by atoms with Crippen molar-refractivity contribution in [2.24, 2.45) is 0 Å². The lowest BCUT2D eigenvalue weighted by Gasteiger charge is -2.31. The zero-order valence-corrected chi connectivity index (χ0v) is 10.1. The van der Waals surface area contributed by atoms with Crippen molar-refractivity contribution in [2.45, 2.75) is 18.9 Å². The largest absolute Gasteiger partial charge is 0.771 e. The van der Waals surface area contributed by atoms with Crippen LogP contribution in [0.5, 0.6) is 0 Å². The molecule has 15 heavy (non-hydrogen) atoms. The van der Waals surface area contributed by atoms with Gasteiger partial charge >= 0.3 is 0 Å². The molecule has 1 aliphatic heterocycles. The monoisotopic (exact) mass is 256 g/mol. The molecule has 8 heteroatoms. The van der Waals surface area contributed by atoms with Crippen LogP contribution in [0.3, 0.4) is 0 Å². The lowest BCUT2D eigenvalue weighted by molar-refractivity contribution is 0.116. The van der Waals surface area contributed by atoms with Gasteiger partial charge in [0, 0.05) is 13.1 Å². The number of rotatable bonds is 4. The summed E-state index contributed by atoms with van der Waals surface area (Å²) in [6, 6.07) is 0. The van der Waals surface area contributed by atoms with Crippen LogP contribution in [0.1, 0.15) is 12.8 Å². The first-order valence-electron chi connectivity index (χ1n) is 4.53. The minimum Gasteiger partial charge on any atom is -0.771 e. The quantitative estimate of drug-likeness (QED) is 0.486. The molecule has 0 aromatic rings. The Bertz CT molecular complexity index is 320.